The number of hydrogen-bond donors (Lipinski definition) is 0. The first-order valence-electron chi connectivity index (χ1n) is 5.77. The Morgan fingerprint density at radius 3 is 2.94 bits per heavy atom. The van der Waals surface area contributed by atoms with Gasteiger partial charge in [0.05, 0.1) is 23.9 Å². The first kappa shape index (κ1) is 11.2. The molecule has 4 heteroatoms. The van der Waals surface area contributed by atoms with Gasteiger partial charge in [-0.2, -0.15) is 0 Å². The van der Waals surface area contributed by atoms with Crippen LogP contribution in [0.1, 0.15) is 4.88 Å². The van der Waals surface area contributed by atoms with Crippen LogP contribution in [0.4, 0.5) is 0 Å². The zero-order chi connectivity index (χ0) is 12.4. The summed E-state index contributed by atoms with van der Waals surface area (Å²) < 4.78 is 1.91. The van der Waals surface area contributed by atoms with Gasteiger partial charge in [-0.15, -0.1) is 11.3 Å². The van der Waals surface area contributed by atoms with Gasteiger partial charge in [-0.1, -0.05) is 18.2 Å². The van der Waals surface area contributed by atoms with Crippen LogP contribution in [0.5, 0.6) is 0 Å². The SMILES string of the molecule is O=C(Cc1cccs1)Cn1cnc2ccccc21. The highest BCUT2D eigenvalue weighted by Gasteiger charge is 2.08. The molecule has 3 aromatic rings. The van der Waals surface area contributed by atoms with Gasteiger partial charge < -0.3 is 4.57 Å². The first-order valence-corrected chi connectivity index (χ1v) is 6.65. The van der Waals surface area contributed by atoms with Gasteiger partial charge in [-0.05, 0) is 23.6 Å². The summed E-state index contributed by atoms with van der Waals surface area (Å²) in [6.07, 6.45) is 2.24. The molecule has 3 rings (SSSR count). The lowest BCUT2D eigenvalue weighted by atomic mass is 10.2. The topological polar surface area (TPSA) is 34.9 Å². The smallest absolute Gasteiger partial charge is 0.157 e. The highest BCUT2D eigenvalue weighted by atomic mass is 32.1. The molecule has 0 spiro atoms. The standard InChI is InChI=1S/C14H12N2OS/c17-11(8-12-4-3-7-18-12)9-16-10-15-13-5-1-2-6-14(13)16/h1-7,10H,8-9H2. The highest BCUT2D eigenvalue weighted by Crippen LogP contribution is 2.13. The molecular formula is C14H12N2OS. The van der Waals surface area contributed by atoms with Crippen molar-refractivity contribution >= 4 is 28.2 Å². The minimum atomic E-state index is 0.209. The minimum Gasteiger partial charge on any atom is -0.323 e. The van der Waals surface area contributed by atoms with Crippen molar-refractivity contribution in [1.29, 1.82) is 0 Å². The molecule has 0 aliphatic heterocycles. The van der Waals surface area contributed by atoms with E-state index < -0.39 is 0 Å². The quantitative estimate of drug-likeness (QED) is 0.719. The predicted octanol–water partition coefficient (Wildman–Crippen LogP) is 2.91. The van der Waals surface area contributed by atoms with Crippen LogP contribution in [-0.4, -0.2) is 15.3 Å². The average Bonchev–Trinajstić information content (AvgIpc) is 3.00. The number of carbonyl (C=O) groups is 1. The van der Waals surface area contributed by atoms with Crippen molar-refractivity contribution in [3.63, 3.8) is 0 Å². The van der Waals surface area contributed by atoms with E-state index in [0.29, 0.717) is 13.0 Å². The number of hydrogen-bond acceptors (Lipinski definition) is 3. The largest absolute Gasteiger partial charge is 0.323 e. The van der Waals surface area contributed by atoms with E-state index in [-0.39, 0.29) is 5.78 Å². The second-order valence-corrected chi connectivity index (χ2v) is 5.19. The van der Waals surface area contributed by atoms with Crippen molar-refractivity contribution in [3.05, 3.63) is 53.0 Å². The summed E-state index contributed by atoms with van der Waals surface area (Å²) in [4.78, 5) is 17.4. The second-order valence-electron chi connectivity index (χ2n) is 4.16. The number of carbonyl (C=O) groups excluding carboxylic acids is 1. The van der Waals surface area contributed by atoms with Gasteiger partial charge in [-0.3, -0.25) is 4.79 Å². The zero-order valence-electron chi connectivity index (χ0n) is 9.74. The van der Waals surface area contributed by atoms with Gasteiger partial charge in [0.15, 0.2) is 5.78 Å². The number of thiophene rings is 1. The van der Waals surface area contributed by atoms with Crippen LogP contribution in [0.3, 0.4) is 0 Å². The maximum Gasteiger partial charge on any atom is 0.157 e. The van der Waals surface area contributed by atoms with Crippen molar-refractivity contribution in [1.82, 2.24) is 9.55 Å². The summed E-state index contributed by atoms with van der Waals surface area (Å²) in [7, 11) is 0. The molecule has 0 aliphatic rings. The Balaban J connectivity index is 1.78. The third-order valence-corrected chi connectivity index (χ3v) is 3.70. The van der Waals surface area contributed by atoms with Crippen LogP contribution in [0, 0.1) is 0 Å². The Morgan fingerprint density at radius 1 is 1.22 bits per heavy atom. The minimum absolute atomic E-state index is 0.209. The van der Waals surface area contributed by atoms with E-state index in [1.54, 1.807) is 17.7 Å². The Kier molecular flexibility index (Phi) is 2.94. The Labute approximate surface area is 109 Å². The molecule has 3 nitrogen and oxygen atoms in total. The number of fused-ring (bicyclic) bond motifs is 1. The fourth-order valence-electron chi connectivity index (χ4n) is 1.99. The van der Waals surface area contributed by atoms with Gasteiger partial charge >= 0.3 is 0 Å². The van der Waals surface area contributed by atoms with Crippen LogP contribution in [-0.2, 0) is 17.8 Å². The molecule has 2 aromatic heterocycles. The number of ketones is 1. The van der Waals surface area contributed by atoms with E-state index in [9.17, 15) is 4.79 Å². The van der Waals surface area contributed by atoms with Gasteiger partial charge in [0.1, 0.15) is 0 Å². The molecule has 0 unspecified atom stereocenters. The van der Waals surface area contributed by atoms with Gasteiger partial charge in [0.25, 0.3) is 0 Å². The van der Waals surface area contributed by atoms with Crippen molar-refractivity contribution in [2.45, 2.75) is 13.0 Å². The highest BCUT2D eigenvalue weighted by molar-refractivity contribution is 7.10. The lowest BCUT2D eigenvalue weighted by Crippen LogP contribution is -2.11. The summed E-state index contributed by atoms with van der Waals surface area (Å²) in [6, 6.07) is 11.8. The zero-order valence-corrected chi connectivity index (χ0v) is 10.6. The number of aromatic nitrogens is 2. The number of Topliss-reactive ketones (excluding diaryl/α,β-unsaturated/α-hetero) is 1. The summed E-state index contributed by atoms with van der Waals surface area (Å²) in [5, 5.41) is 2.00. The number of imidazole rings is 1. The van der Waals surface area contributed by atoms with E-state index in [0.717, 1.165) is 15.9 Å². The molecule has 0 aliphatic carbocycles. The summed E-state index contributed by atoms with van der Waals surface area (Å²) >= 11 is 1.62. The Morgan fingerprint density at radius 2 is 2.11 bits per heavy atom. The van der Waals surface area contributed by atoms with E-state index >= 15 is 0 Å². The summed E-state index contributed by atoms with van der Waals surface area (Å²) in [6.45, 7) is 0.387. The van der Waals surface area contributed by atoms with Crippen molar-refractivity contribution in [2.24, 2.45) is 0 Å². The fraction of sp³-hybridized carbons (Fsp3) is 0.143. The van der Waals surface area contributed by atoms with Crippen LogP contribution in [0.25, 0.3) is 11.0 Å². The van der Waals surface area contributed by atoms with Gasteiger partial charge in [0.2, 0.25) is 0 Å². The Bertz CT molecular complexity index is 670. The van der Waals surface area contributed by atoms with Crippen LogP contribution >= 0.6 is 11.3 Å². The van der Waals surface area contributed by atoms with E-state index in [2.05, 4.69) is 4.98 Å². The third-order valence-electron chi connectivity index (χ3n) is 2.83. The number of benzene rings is 1. The molecule has 0 saturated heterocycles. The maximum atomic E-state index is 12.0. The maximum absolute atomic E-state index is 12.0. The molecule has 0 radical (unpaired) electrons. The average molecular weight is 256 g/mol. The van der Waals surface area contributed by atoms with Crippen LogP contribution in [0.2, 0.25) is 0 Å². The van der Waals surface area contributed by atoms with Crippen molar-refractivity contribution in [2.75, 3.05) is 0 Å². The fourth-order valence-corrected chi connectivity index (χ4v) is 2.72. The predicted molar refractivity (Wildman–Crippen MR) is 72.8 cm³/mol. The van der Waals surface area contributed by atoms with Gasteiger partial charge in [0, 0.05) is 11.3 Å². The number of nitrogens with zero attached hydrogens (tertiary/aromatic N) is 2. The first-order chi connectivity index (χ1) is 8.83. The molecule has 0 bridgehead atoms. The molecule has 0 atom stereocenters. The van der Waals surface area contributed by atoms with E-state index in [1.807, 2.05) is 46.3 Å². The van der Waals surface area contributed by atoms with Crippen LogP contribution < -0.4 is 0 Å². The molecule has 2 heterocycles. The van der Waals surface area contributed by atoms with Crippen LogP contribution in [0.15, 0.2) is 48.1 Å². The molecular weight excluding hydrogens is 244 g/mol. The lowest BCUT2D eigenvalue weighted by Gasteiger charge is -2.02. The molecule has 18 heavy (non-hydrogen) atoms. The summed E-state index contributed by atoms with van der Waals surface area (Å²) in [5.74, 6) is 0.209. The molecule has 1 aromatic carbocycles. The lowest BCUT2D eigenvalue weighted by molar-refractivity contribution is -0.118. The molecule has 0 amide bonds. The Hall–Kier alpha value is -1.94. The molecule has 0 fully saturated rings. The molecule has 90 valence electrons. The van der Waals surface area contributed by atoms with E-state index in [1.165, 1.54) is 0 Å². The third kappa shape index (κ3) is 2.19. The normalized spacial score (nSPS) is 10.9. The molecule has 0 N–H and O–H groups in total. The van der Waals surface area contributed by atoms with E-state index in [4.69, 9.17) is 0 Å². The monoisotopic (exact) mass is 256 g/mol. The number of para-hydroxylation sites is 2. The summed E-state index contributed by atoms with van der Waals surface area (Å²) in [5.41, 5.74) is 1.94. The van der Waals surface area contributed by atoms with Crippen molar-refractivity contribution < 1.29 is 4.79 Å². The van der Waals surface area contributed by atoms with Crippen molar-refractivity contribution in [3.8, 4) is 0 Å². The van der Waals surface area contributed by atoms with Gasteiger partial charge in [-0.25, -0.2) is 4.98 Å². The second kappa shape index (κ2) is 4.74. The number of rotatable bonds is 4. The molecule has 0 saturated carbocycles.